The summed E-state index contributed by atoms with van der Waals surface area (Å²) in [5.74, 6) is 0.827. The quantitative estimate of drug-likeness (QED) is 0.817. The van der Waals surface area contributed by atoms with E-state index in [2.05, 4.69) is 0 Å². The molecule has 2 atom stereocenters. The zero-order valence-electron chi connectivity index (χ0n) is 13.5. The summed E-state index contributed by atoms with van der Waals surface area (Å²) in [6.07, 6.45) is 1.25. The SMILES string of the molecule is COCCN1C(=O)C[C@@H]2[C@H]1CCN2C(=O)c1ccc(OC)cc1. The number of carbonyl (C=O) groups is 2. The largest absolute Gasteiger partial charge is 0.497 e. The Morgan fingerprint density at radius 1 is 1.22 bits per heavy atom. The van der Waals surface area contributed by atoms with Crippen LogP contribution in [0.25, 0.3) is 0 Å². The molecule has 0 aliphatic carbocycles. The Balaban J connectivity index is 1.72. The Labute approximate surface area is 136 Å². The Morgan fingerprint density at radius 2 is 1.96 bits per heavy atom. The van der Waals surface area contributed by atoms with Crippen molar-refractivity contribution < 1.29 is 19.1 Å². The number of ether oxygens (including phenoxy) is 2. The zero-order valence-corrected chi connectivity index (χ0v) is 13.5. The normalized spacial score (nSPS) is 23.3. The number of fused-ring (bicyclic) bond motifs is 1. The van der Waals surface area contributed by atoms with Gasteiger partial charge in [0.25, 0.3) is 5.91 Å². The summed E-state index contributed by atoms with van der Waals surface area (Å²) in [6, 6.07) is 7.22. The predicted molar refractivity (Wildman–Crippen MR) is 84.4 cm³/mol. The van der Waals surface area contributed by atoms with Crippen molar-refractivity contribution in [1.82, 2.24) is 9.80 Å². The Kier molecular flexibility index (Phi) is 4.52. The van der Waals surface area contributed by atoms with Crippen LogP contribution in [-0.2, 0) is 9.53 Å². The van der Waals surface area contributed by atoms with E-state index in [1.165, 1.54) is 0 Å². The van der Waals surface area contributed by atoms with Crippen LogP contribution in [-0.4, -0.2) is 67.6 Å². The van der Waals surface area contributed by atoms with E-state index in [0.717, 1.165) is 12.2 Å². The minimum absolute atomic E-state index is 0.0125. The Morgan fingerprint density at radius 3 is 2.61 bits per heavy atom. The van der Waals surface area contributed by atoms with Crippen LogP contribution in [0.2, 0.25) is 0 Å². The Hall–Kier alpha value is -2.08. The Bertz CT molecular complexity index is 587. The molecule has 0 unspecified atom stereocenters. The lowest BCUT2D eigenvalue weighted by Crippen LogP contribution is -2.40. The van der Waals surface area contributed by atoms with Crippen LogP contribution in [0.3, 0.4) is 0 Å². The molecule has 2 heterocycles. The first-order valence-electron chi connectivity index (χ1n) is 7.89. The molecule has 0 radical (unpaired) electrons. The van der Waals surface area contributed by atoms with Crippen LogP contribution in [0.5, 0.6) is 5.75 Å². The topological polar surface area (TPSA) is 59.1 Å². The summed E-state index contributed by atoms with van der Waals surface area (Å²) >= 11 is 0. The lowest BCUT2D eigenvalue weighted by molar-refractivity contribution is -0.129. The number of benzene rings is 1. The lowest BCUT2D eigenvalue weighted by atomic mass is 10.1. The number of hydrogen-bond donors (Lipinski definition) is 0. The first-order chi connectivity index (χ1) is 11.2. The summed E-state index contributed by atoms with van der Waals surface area (Å²) in [5, 5.41) is 0. The molecular weight excluding hydrogens is 296 g/mol. The van der Waals surface area contributed by atoms with Crippen LogP contribution < -0.4 is 4.74 Å². The first-order valence-corrected chi connectivity index (χ1v) is 7.89. The molecule has 23 heavy (non-hydrogen) atoms. The molecule has 0 aromatic heterocycles. The molecule has 3 rings (SSSR count). The summed E-state index contributed by atoms with van der Waals surface area (Å²) in [4.78, 5) is 28.7. The molecule has 124 valence electrons. The fourth-order valence-corrected chi connectivity index (χ4v) is 3.56. The third-order valence-corrected chi connectivity index (χ3v) is 4.75. The van der Waals surface area contributed by atoms with Crippen LogP contribution in [0.1, 0.15) is 23.2 Å². The summed E-state index contributed by atoms with van der Waals surface area (Å²) in [7, 11) is 3.23. The molecule has 2 saturated heterocycles. The molecule has 2 fully saturated rings. The predicted octanol–water partition coefficient (Wildman–Crippen LogP) is 1.16. The number of methoxy groups -OCH3 is 2. The highest BCUT2D eigenvalue weighted by Crippen LogP contribution is 2.33. The van der Waals surface area contributed by atoms with Crippen molar-refractivity contribution in [2.45, 2.75) is 24.9 Å². The van der Waals surface area contributed by atoms with Gasteiger partial charge in [0.15, 0.2) is 0 Å². The van der Waals surface area contributed by atoms with E-state index < -0.39 is 0 Å². The van der Waals surface area contributed by atoms with Crippen molar-refractivity contribution in [1.29, 1.82) is 0 Å². The van der Waals surface area contributed by atoms with E-state index >= 15 is 0 Å². The average Bonchev–Trinajstić information content (AvgIpc) is 3.11. The molecule has 0 N–H and O–H groups in total. The van der Waals surface area contributed by atoms with Crippen LogP contribution in [0.15, 0.2) is 24.3 Å². The first kappa shape index (κ1) is 15.8. The second-order valence-electron chi connectivity index (χ2n) is 5.93. The van der Waals surface area contributed by atoms with E-state index in [1.54, 1.807) is 38.5 Å². The van der Waals surface area contributed by atoms with E-state index in [4.69, 9.17) is 9.47 Å². The number of carbonyl (C=O) groups excluding carboxylic acids is 2. The van der Waals surface area contributed by atoms with Crippen molar-refractivity contribution in [3.63, 3.8) is 0 Å². The number of nitrogens with zero attached hydrogens (tertiary/aromatic N) is 2. The van der Waals surface area contributed by atoms with Gasteiger partial charge in [-0.15, -0.1) is 0 Å². The molecule has 0 spiro atoms. The molecule has 0 bridgehead atoms. The van der Waals surface area contributed by atoms with Gasteiger partial charge in [-0.3, -0.25) is 9.59 Å². The van der Waals surface area contributed by atoms with E-state index in [0.29, 0.717) is 31.7 Å². The van der Waals surface area contributed by atoms with Gasteiger partial charge in [0.2, 0.25) is 5.91 Å². The molecule has 6 nitrogen and oxygen atoms in total. The van der Waals surface area contributed by atoms with Gasteiger partial charge in [-0.2, -0.15) is 0 Å². The van der Waals surface area contributed by atoms with Crippen molar-refractivity contribution in [2.24, 2.45) is 0 Å². The van der Waals surface area contributed by atoms with Gasteiger partial charge in [-0.05, 0) is 30.7 Å². The number of likely N-dealkylation sites (tertiary alicyclic amines) is 2. The van der Waals surface area contributed by atoms with Gasteiger partial charge in [-0.1, -0.05) is 0 Å². The molecule has 1 aromatic rings. The molecule has 2 aliphatic heterocycles. The molecule has 2 amide bonds. The number of hydrogen-bond acceptors (Lipinski definition) is 4. The summed E-state index contributed by atoms with van der Waals surface area (Å²) in [5.41, 5.74) is 0.634. The van der Waals surface area contributed by atoms with Crippen LogP contribution in [0, 0.1) is 0 Å². The fraction of sp³-hybridized carbons (Fsp3) is 0.529. The van der Waals surface area contributed by atoms with Crippen molar-refractivity contribution in [3.8, 4) is 5.75 Å². The lowest BCUT2D eigenvalue weighted by Gasteiger charge is -2.25. The second kappa shape index (κ2) is 6.58. The minimum Gasteiger partial charge on any atom is -0.497 e. The summed E-state index contributed by atoms with van der Waals surface area (Å²) in [6.45, 7) is 1.82. The monoisotopic (exact) mass is 318 g/mol. The smallest absolute Gasteiger partial charge is 0.254 e. The molecule has 1 aromatic carbocycles. The third kappa shape index (κ3) is 2.91. The average molecular weight is 318 g/mol. The molecule has 2 aliphatic rings. The second-order valence-corrected chi connectivity index (χ2v) is 5.93. The van der Waals surface area contributed by atoms with Crippen LogP contribution >= 0.6 is 0 Å². The molecular formula is C17H22N2O4. The summed E-state index contributed by atoms with van der Waals surface area (Å²) < 4.78 is 10.2. The highest BCUT2D eigenvalue weighted by molar-refractivity contribution is 5.95. The van der Waals surface area contributed by atoms with Gasteiger partial charge in [0.1, 0.15) is 5.75 Å². The van der Waals surface area contributed by atoms with Gasteiger partial charge < -0.3 is 19.3 Å². The van der Waals surface area contributed by atoms with Gasteiger partial charge in [-0.25, -0.2) is 0 Å². The maximum absolute atomic E-state index is 12.7. The van der Waals surface area contributed by atoms with Crippen LogP contribution in [0.4, 0.5) is 0 Å². The van der Waals surface area contributed by atoms with E-state index in [1.807, 2.05) is 9.80 Å². The van der Waals surface area contributed by atoms with E-state index in [-0.39, 0.29) is 23.9 Å². The van der Waals surface area contributed by atoms with E-state index in [9.17, 15) is 9.59 Å². The standard InChI is InChI=1S/C17H22N2O4/c1-22-10-9-18-14-7-8-19(15(14)11-16(18)20)17(21)12-3-5-13(23-2)6-4-12/h3-6,14-15H,7-11H2,1-2H3/t14-,15-/m1/s1. The van der Waals surface area contributed by atoms with Gasteiger partial charge in [0.05, 0.1) is 25.8 Å². The maximum atomic E-state index is 12.7. The van der Waals surface area contributed by atoms with Crippen molar-refractivity contribution in [2.75, 3.05) is 33.9 Å². The highest BCUT2D eigenvalue weighted by atomic mass is 16.5. The molecule has 6 heteroatoms. The minimum atomic E-state index is -0.0195. The third-order valence-electron chi connectivity index (χ3n) is 4.75. The maximum Gasteiger partial charge on any atom is 0.254 e. The molecule has 0 saturated carbocycles. The number of rotatable bonds is 5. The zero-order chi connectivity index (χ0) is 16.4. The van der Waals surface area contributed by atoms with Crippen molar-refractivity contribution in [3.05, 3.63) is 29.8 Å². The van der Waals surface area contributed by atoms with Crippen molar-refractivity contribution >= 4 is 11.8 Å². The number of amides is 2. The van der Waals surface area contributed by atoms with Gasteiger partial charge in [0, 0.05) is 32.2 Å². The fourth-order valence-electron chi connectivity index (χ4n) is 3.56. The highest BCUT2D eigenvalue weighted by Gasteiger charge is 2.48. The van der Waals surface area contributed by atoms with Gasteiger partial charge >= 0.3 is 0 Å².